The molecule has 4 saturated carbocycles. The summed E-state index contributed by atoms with van der Waals surface area (Å²) < 4.78 is 1.84. The molecule has 4 fully saturated rings. The van der Waals surface area contributed by atoms with E-state index in [0.29, 0.717) is 12.5 Å². The Labute approximate surface area is 200 Å². The summed E-state index contributed by atoms with van der Waals surface area (Å²) >= 11 is 0. The second kappa shape index (κ2) is 8.42. The number of aromatic nitrogens is 2. The summed E-state index contributed by atoms with van der Waals surface area (Å²) in [6.07, 6.45) is 22.1. The molecule has 0 aromatic carbocycles. The lowest BCUT2D eigenvalue weighted by Crippen LogP contribution is -2.58. The Hall–Kier alpha value is -1.31. The quantitative estimate of drug-likeness (QED) is 0.600. The van der Waals surface area contributed by atoms with Crippen LogP contribution in [0.4, 0.5) is 0 Å². The van der Waals surface area contributed by atoms with Gasteiger partial charge in [-0.3, -0.25) is 4.68 Å². The van der Waals surface area contributed by atoms with E-state index in [-0.39, 0.29) is 11.3 Å². The molecule has 9 atom stereocenters. The molecule has 1 heterocycles. The number of terminal acetylenes is 1. The van der Waals surface area contributed by atoms with Crippen LogP contribution in [-0.4, -0.2) is 31.2 Å². The van der Waals surface area contributed by atoms with E-state index in [2.05, 4.69) is 24.9 Å². The van der Waals surface area contributed by atoms with Crippen LogP contribution >= 0.6 is 0 Å². The normalized spacial score (nSPS) is 44.6. The molecule has 2 N–H and O–H groups in total. The Morgan fingerprint density at radius 3 is 2.67 bits per heavy atom. The smallest absolute Gasteiger partial charge is 0.0848 e. The Kier molecular flexibility index (Phi) is 5.98. The molecule has 33 heavy (non-hydrogen) atoms. The van der Waals surface area contributed by atoms with E-state index in [1.54, 1.807) is 6.20 Å². The molecule has 4 aliphatic rings. The summed E-state index contributed by atoms with van der Waals surface area (Å²) in [4.78, 5) is 0. The van der Waals surface area contributed by atoms with Crippen molar-refractivity contribution in [2.45, 2.75) is 109 Å². The zero-order valence-corrected chi connectivity index (χ0v) is 21.0. The van der Waals surface area contributed by atoms with Crippen molar-refractivity contribution in [2.24, 2.45) is 40.9 Å². The largest absolute Gasteiger partial charge is 0.390 e. The van der Waals surface area contributed by atoms with Gasteiger partial charge in [0.1, 0.15) is 0 Å². The van der Waals surface area contributed by atoms with Crippen molar-refractivity contribution in [3.05, 3.63) is 18.0 Å². The fraction of sp³-hybridized carbons (Fsp3) is 0.828. The van der Waals surface area contributed by atoms with Gasteiger partial charge in [-0.2, -0.15) is 5.10 Å². The molecule has 0 aliphatic heterocycles. The van der Waals surface area contributed by atoms with Gasteiger partial charge < -0.3 is 10.2 Å². The number of nitrogens with zero attached hydrogens (tertiary/aromatic N) is 2. The lowest BCUT2D eigenvalue weighted by atomic mass is 9.43. The number of rotatable bonds is 4. The minimum absolute atomic E-state index is 0.191. The highest BCUT2D eigenvalue weighted by molar-refractivity contribution is 5.26. The Morgan fingerprint density at radius 2 is 1.94 bits per heavy atom. The molecular formula is C29H44N2O2. The molecule has 0 saturated heterocycles. The number of hydrogen-bond acceptors (Lipinski definition) is 3. The third-order valence-corrected chi connectivity index (χ3v) is 11.0. The molecule has 182 valence electrons. The van der Waals surface area contributed by atoms with Crippen LogP contribution in [0.5, 0.6) is 0 Å². The van der Waals surface area contributed by atoms with Crippen molar-refractivity contribution in [2.75, 3.05) is 0 Å². The van der Waals surface area contributed by atoms with Crippen LogP contribution in [0.1, 0.15) is 97.0 Å². The van der Waals surface area contributed by atoms with Crippen LogP contribution in [0.25, 0.3) is 0 Å². The molecule has 0 unspecified atom stereocenters. The van der Waals surface area contributed by atoms with Gasteiger partial charge in [0.25, 0.3) is 0 Å². The van der Waals surface area contributed by atoms with Gasteiger partial charge in [0.15, 0.2) is 0 Å². The lowest BCUT2D eigenvalue weighted by Gasteiger charge is -2.62. The summed E-state index contributed by atoms with van der Waals surface area (Å²) in [6, 6.07) is 0. The topological polar surface area (TPSA) is 58.3 Å². The fourth-order valence-corrected chi connectivity index (χ4v) is 9.46. The summed E-state index contributed by atoms with van der Waals surface area (Å²) in [5, 5.41) is 27.2. The van der Waals surface area contributed by atoms with Gasteiger partial charge in [-0.15, -0.1) is 6.42 Å². The highest BCUT2D eigenvalue weighted by Crippen LogP contribution is 2.64. The molecular weight excluding hydrogens is 408 g/mol. The summed E-state index contributed by atoms with van der Waals surface area (Å²) in [5.41, 5.74) is -0.232. The third kappa shape index (κ3) is 3.98. The standard InChI is InChI=1S/C29H44N2O2/c1-5-20-17-30-31(18-20)19-28(4,32)26-9-7-8-25-24-11-10-21-16-29(33,6-2)15-13-22(21)23(24)12-14-27(25,26)3/h1,17-18,21-26,32-33H,6-16,19H2,2-4H3/t21-,22+,23-,24-,25+,26+,27+,28+,29-/m1/s1. The zero-order valence-electron chi connectivity index (χ0n) is 21.0. The number of fused-ring (bicyclic) bond motifs is 5. The van der Waals surface area contributed by atoms with Crippen LogP contribution < -0.4 is 0 Å². The average Bonchev–Trinajstić information content (AvgIpc) is 3.24. The SMILES string of the molecule is C#Cc1cnn(C[C@](C)(O)[C@H]2CCC[C@H]3[C@@H]4CC[C@@H]5C[C@@](O)(CC)CC[C@@H]5[C@H]4CC[C@@]32C)c1. The van der Waals surface area contributed by atoms with Gasteiger partial charge in [-0.05, 0) is 112 Å². The van der Waals surface area contributed by atoms with Crippen LogP contribution in [0.3, 0.4) is 0 Å². The van der Waals surface area contributed by atoms with Gasteiger partial charge >= 0.3 is 0 Å². The van der Waals surface area contributed by atoms with Gasteiger partial charge in [-0.1, -0.05) is 26.2 Å². The van der Waals surface area contributed by atoms with Crippen LogP contribution in [0, 0.1) is 53.3 Å². The first-order chi connectivity index (χ1) is 15.7. The second-order valence-corrected chi connectivity index (χ2v) is 12.7. The molecule has 0 bridgehead atoms. The van der Waals surface area contributed by atoms with Crippen LogP contribution in [0.2, 0.25) is 0 Å². The fourth-order valence-electron chi connectivity index (χ4n) is 9.46. The predicted octanol–water partition coefficient (Wildman–Crippen LogP) is 5.42. The van der Waals surface area contributed by atoms with Gasteiger partial charge in [0.2, 0.25) is 0 Å². The summed E-state index contributed by atoms with van der Waals surface area (Å²) in [7, 11) is 0. The average molecular weight is 453 g/mol. The Balaban J connectivity index is 1.35. The number of aliphatic hydroxyl groups is 2. The molecule has 4 nitrogen and oxygen atoms in total. The first kappa shape index (κ1) is 23.4. The molecule has 0 spiro atoms. The first-order valence-electron chi connectivity index (χ1n) is 13.6. The van der Waals surface area contributed by atoms with E-state index in [4.69, 9.17) is 6.42 Å². The van der Waals surface area contributed by atoms with Crippen LogP contribution in [-0.2, 0) is 6.54 Å². The minimum atomic E-state index is -0.794. The maximum absolute atomic E-state index is 11.8. The molecule has 1 aromatic rings. The zero-order chi connectivity index (χ0) is 23.4. The molecule has 1 aromatic heterocycles. The summed E-state index contributed by atoms with van der Waals surface area (Å²) in [6.45, 7) is 7.21. The van der Waals surface area contributed by atoms with E-state index >= 15 is 0 Å². The van der Waals surface area contributed by atoms with E-state index in [9.17, 15) is 10.2 Å². The number of hydrogen-bond donors (Lipinski definition) is 2. The van der Waals surface area contributed by atoms with E-state index in [1.165, 1.54) is 44.9 Å². The monoisotopic (exact) mass is 452 g/mol. The van der Waals surface area contributed by atoms with Crippen molar-refractivity contribution < 1.29 is 10.2 Å². The Morgan fingerprint density at radius 1 is 1.15 bits per heavy atom. The van der Waals surface area contributed by atoms with Crippen LogP contribution in [0.15, 0.2) is 12.4 Å². The molecule has 5 rings (SSSR count). The van der Waals surface area contributed by atoms with Gasteiger partial charge in [-0.25, -0.2) is 0 Å². The minimum Gasteiger partial charge on any atom is -0.390 e. The molecule has 0 amide bonds. The van der Waals surface area contributed by atoms with Crippen molar-refractivity contribution in [3.63, 3.8) is 0 Å². The van der Waals surface area contributed by atoms with E-state index in [1.807, 2.05) is 17.8 Å². The predicted molar refractivity (Wildman–Crippen MR) is 131 cm³/mol. The van der Waals surface area contributed by atoms with Gasteiger partial charge in [0.05, 0.1) is 29.5 Å². The molecule has 4 heteroatoms. The Bertz CT molecular complexity index is 900. The first-order valence-corrected chi connectivity index (χ1v) is 13.6. The third-order valence-electron chi connectivity index (χ3n) is 11.0. The maximum Gasteiger partial charge on any atom is 0.0848 e. The molecule has 0 radical (unpaired) electrons. The van der Waals surface area contributed by atoms with Gasteiger partial charge in [0, 0.05) is 6.20 Å². The van der Waals surface area contributed by atoms with E-state index in [0.717, 1.165) is 54.9 Å². The second-order valence-electron chi connectivity index (χ2n) is 12.7. The van der Waals surface area contributed by atoms with E-state index < -0.39 is 11.2 Å². The summed E-state index contributed by atoms with van der Waals surface area (Å²) in [5.74, 6) is 6.82. The molecule has 4 aliphatic carbocycles. The highest BCUT2D eigenvalue weighted by atomic mass is 16.3. The van der Waals surface area contributed by atoms with Crippen molar-refractivity contribution in [1.29, 1.82) is 0 Å². The maximum atomic E-state index is 11.8. The van der Waals surface area contributed by atoms with Crippen molar-refractivity contribution in [3.8, 4) is 12.3 Å². The van der Waals surface area contributed by atoms with Crippen molar-refractivity contribution >= 4 is 0 Å². The van der Waals surface area contributed by atoms with Crippen molar-refractivity contribution in [1.82, 2.24) is 9.78 Å². The lowest BCUT2D eigenvalue weighted by molar-refractivity contribution is -0.171. The highest BCUT2D eigenvalue weighted by Gasteiger charge is 2.59.